The number of allylic oxidation sites excluding steroid dienone is 2. The Balaban J connectivity index is 1.49. The molecule has 0 bridgehead atoms. The standard InChI is InChI=1S/C26H44O7/c1-2-3-4-5-6-7-8-9-10-11-12-13-14-15-16-17-23(30)33-24-21(28)18-31-25(24)26(20-27)22(29)19-32-26/h9-10,21,24-25,27-28H,2-8,11-20H2,1H3/b10-9-/t21-,24+,25-,26-/m0/s1. The van der Waals surface area contributed by atoms with Crippen LogP contribution in [0.3, 0.4) is 0 Å². The molecule has 190 valence electrons. The molecule has 0 aromatic rings. The predicted molar refractivity (Wildman–Crippen MR) is 126 cm³/mol. The summed E-state index contributed by atoms with van der Waals surface area (Å²) in [6.45, 7) is 1.52. The summed E-state index contributed by atoms with van der Waals surface area (Å²) in [6, 6.07) is 0. The molecule has 33 heavy (non-hydrogen) atoms. The fourth-order valence-electron chi connectivity index (χ4n) is 4.47. The van der Waals surface area contributed by atoms with E-state index in [1.807, 2.05) is 0 Å². The first-order valence-corrected chi connectivity index (χ1v) is 13.0. The predicted octanol–water partition coefficient (Wildman–Crippen LogP) is 4.03. The van der Waals surface area contributed by atoms with Gasteiger partial charge >= 0.3 is 5.97 Å². The summed E-state index contributed by atoms with van der Waals surface area (Å²) in [4.78, 5) is 24.2. The van der Waals surface area contributed by atoms with Crippen molar-refractivity contribution in [3.8, 4) is 0 Å². The summed E-state index contributed by atoms with van der Waals surface area (Å²) >= 11 is 0. The Bertz CT molecular complexity index is 601. The molecule has 7 nitrogen and oxygen atoms in total. The van der Waals surface area contributed by atoms with Crippen LogP contribution in [0.1, 0.15) is 96.8 Å². The second kappa shape index (κ2) is 15.6. The van der Waals surface area contributed by atoms with E-state index in [-0.39, 0.29) is 25.4 Å². The summed E-state index contributed by atoms with van der Waals surface area (Å²) in [5.74, 6) is -0.727. The van der Waals surface area contributed by atoms with Crippen molar-refractivity contribution in [1.29, 1.82) is 0 Å². The van der Waals surface area contributed by atoms with Crippen molar-refractivity contribution in [2.45, 2.75) is 121 Å². The van der Waals surface area contributed by atoms with Gasteiger partial charge in [0.2, 0.25) is 0 Å². The van der Waals surface area contributed by atoms with Crippen molar-refractivity contribution in [2.75, 3.05) is 19.8 Å². The van der Waals surface area contributed by atoms with Crippen LogP contribution in [-0.2, 0) is 23.8 Å². The Hall–Kier alpha value is -1.28. The quantitative estimate of drug-likeness (QED) is 0.178. The average molecular weight is 469 g/mol. The van der Waals surface area contributed by atoms with Crippen LogP contribution in [0.5, 0.6) is 0 Å². The minimum absolute atomic E-state index is 0.0611. The monoisotopic (exact) mass is 468 g/mol. The van der Waals surface area contributed by atoms with Gasteiger partial charge in [-0.15, -0.1) is 0 Å². The van der Waals surface area contributed by atoms with Crippen LogP contribution >= 0.6 is 0 Å². The second-order valence-electron chi connectivity index (χ2n) is 9.37. The smallest absolute Gasteiger partial charge is 0.306 e. The van der Waals surface area contributed by atoms with Crippen molar-refractivity contribution >= 4 is 11.8 Å². The lowest BCUT2D eigenvalue weighted by molar-refractivity contribution is -0.225. The zero-order chi connectivity index (χ0) is 23.9. The lowest BCUT2D eigenvalue weighted by Crippen LogP contribution is -2.67. The van der Waals surface area contributed by atoms with Crippen molar-refractivity contribution < 1.29 is 34.0 Å². The Labute approximate surface area is 198 Å². The van der Waals surface area contributed by atoms with Crippen LogP contribution in [0.2, 0.25) is 0 Å². The number of esters is 1. The third-order valence-electron chi connectivity index (χ3n) is 6.66. The molecule has 0 radical (unpaired) electrons. The third kappa shape index (κ3) is 8.78. The second-order valence-corrected chi connectivity index (χ2v) is 9.37. The number of carbonyl (C=O) groups is 2. The largest absolute Gasteiger partial charge is 0.457 e. The number of hydrogen-bond donors (Lipinski definition) is 2. The van der Waals surface area contributed by atoms with Crippen LogP contribution in [-0.4, -0.2) is 65.7 Å². The van der Waals surface area contributed by atoms with Crippen molar-refractivity contribution in [3.63, 3.8) is 0 Å². The minimum atomic E-state index is -1.52. The van der Waals surface area contributed by atoms with Gasteiger partial charge in [0, 0.05) is 6.42 Å². The van der Waals surface area contributed by atoms with Gasteiger partial charge in [-0.25, -0.2) is 0 Å². The van der Waals surface area contributed by atoms with Gasteiger partial charge in [0.05, 0.1) is 13.2 Å². The molecule has 0 saturated carbocycles. The maximum atomic E-state index is 12.2. The first-order valence-electron chi connectivity index (χ1n) is 13.0. The first-order chi connectivity index (χ1) is 16.0. The molecule has 0 spiro atoms. The molecule has 2 aliphatic heterocycles. The van der Waals surface area contributed by atoms with Gasteiger partial charge < -0.3 is 24.4 Å². The topological polar surface area (TPSA) is 102 Å². The molecular formula is C26H44O7. The number of unbranched alkanes of at least 4 members (excludes halogenated alkanes) is 11. The summed E-state index contributed by atoms with van der Waals surface area (Å²) in [5.41, 5.74) is -1.52. The number of ether oxygens (including phenoxy) is 3. The highest BCUT2D eigenvalue weighted by Gasteiger charge is 2.61. The molecule has 2 fully saturated rings. The molecule has 2 rings (SSSR count). The lowest BCUT2D eigenvalue weighted by atomic mass is 9.84. The van der Waals surface area contributed by atoms with E-state index in [1.54, 1.807) is 0 Å². The zero-order valence-corrected chi connectivity index (χ0v) is 20.3. The lowest BCUT2D eigenvalue weighted by Gasteiger charge is -2.43. The van der Waals surface area contributed by atoms with Crippen LogP contribution < -0.4 is 0 Å². The molecule has 0 aromatic carbocycles. The van der Waals surface area contributed by atoms with Crippen molar-refractivity contribution in [1.82, 2.24) is 0 Å². The molecule has 2 saturated heterocycles. The summed E-state index contributed by atoms with van der Waals surface area (Å²) in [5, 5.41) is 19.7. The fraction of sp³-hybridized carbons (Fsp3) is 0.846. The number of carbonyl (C=O) groups excluding carboxylic acids is 2. The van der Waals surface area contributed by atoms with E-state index >= 15 is 0 Å². The highest BCUT2D eigenvalue weighted by atomic mass is 16.6. The molecule has 4 atom stereocenters. The van der Waals surface area contributed by atoms with Gasteiger partial charge in [-0.2, -0.15) is 0 Å². The van der Waals surface area contributed by atoms with Gasteiger partial charge in [0.15, 0.2) is 17.5 Å². The molecule has 7 heteroatoms. The van der Waals surface area contributed by atoms with Gasteiger partial charge in [0.1, 0.15) is 18.8 Å². The highest BCUT2D eigenvalue weighted by Crippen LogP contribution is 2.35. The van der Waals surface area contributed by atoms with E-state index < -0.39 is 36.5 Å². The normalized spacial score (nSPS) is 27.2. The number of aliphatic hydroxyl groups is 2. The molecule has 2 aliphatic rings. The summed E-state index contributed by atoms with van der Waals surface area (Å²) in [7, 11) is 0. The first kappa shape index (κ1) is 28.0. The number of rotatable bonds is 18. The molecule has 2 N–H and O–H groups in total. The number of ketones is 1. The van der Waals surface area contributed by atoms with E-state index in [0.29, 0.717) is 0 Å². The zero-order valence-electron chi connectivity index (χ0n) is 20.3. The number of hydrogen-bond acceptors (Lipinski definition) is 7. The summed E-state index contributed by atoms with van der Waals surface area (Å²) in [6.07, 6.45) is 17.3. The molecule has 2 heterocycles. The maximum Gasteiger partial charge on any atom is 0.306 e. The Morgan fingerprint density at radius 3 is 2.18 bits per heavy atom. The maximum absolute atomic E-state index is 12.2. The van der Waals surface area contributed by atoms with E-state index in [0.717, 1.165) is 32.1 Å². The fourth-order valence-corrected chi connectivity index (χ4v) is 4.47. The van der Waals surface area contributed by atoms with E-state index in [4.69, 9.17) is 14.2 Å². The SMILES string of the molecule is CCCCCCCC/C=C\CCCCCCCC(=O)O[C@@H]1[C@@H](O)CO[C@@H]1[C@@]1(CO)OCC1=O. The number of Topliss-reactive ketones (excluding diaryl/α,β-unsaturated/α-hetero) is 1. The summed E-state index contributed by atoms with van der Waals surface area (Å²) < 4.78 is 16.1. The average Bonchev–Trinajstić information content (AvgIpc) is 3.16. The highest BCUT2D eigenvalue weighted by molar-refractivity contribution is 5.94. The third-order valence-corrected chi connectivity index (χ3v) is 6.66. The van der Waals surface area contributed by atoms with Gasteiger partial charge in [-0.05, 0) is 32.1 Å². The Morgan fingerprint density at radius 1 is 1.03 bits per heavy atom. The Kier molecular flexibility index (Phi) is 13.2. The van der Waals surface area contributed by atoms with E-state index in [1.165, 1.54) is 51.4 Å². The van der Waals surface area contributed by atoms with Gasteiger partial charge in [-0.1, -0.05) is 70.4 Å². The van der Waals surface area contributed by atoms with Gasteiger partial charge in [-0.3, -0.25) is 9.59 Å². The number of aliphatic hydroxyl groups excluding tert-OH is 2. The van der Waals surface area contributed by atoms with Crippen molar-refractivity contribution in [2.24, 2.45) is 0 Å². The molecule has 0 aliphatic carbocycles. The van der Waals surface area contributed by atoms with Crippen LogP contribution in [0.4, 0.5) is 0 Å². The van der Waals surface area contributed by atoms with Gasteiger partial charge in [0.25, 0.3) is 0 Å². The van der Waals surface area contributed by atoms with Crippen LogP contribution in [0.25, 0.3) is 0 Å². The molecular weight excluding hydrogens is 424 g/mol. The van der Waals surface area contributed by atoms with Crippen LogP contribution in [0, 0.1) is 0 Å². The molecule has 0 amide bonds. The van der Waals surface area contributed by atoms with Crippen LogP contribution in [0.15, 0.2) is 12.2 Å². The minimum Gasteiger partial charge on any atom is -0.457 e. The molecule has 0 aromatic heterocycles. The Morgan fingerprint density at radius 2 is 1.64 bits per heavy atom. The van der Waals surface area contributed by atoms with E-state index in [2.05, 4.69) is 19.1 Å². The van der Waals surface area contributed by atoms with Crippen molar-refractivity contribution in [3.05, 3.63) is 12.2 Å². The van der Waals surface area contributed by atoms with E-state index in [9.17, 15) is 19.8 Å². The molecule has 0 unspecified atom stereocenters.